The fourth-order valence-corrected chi connectivity index (χ4v) is 6.40. The number of ketones is 1. The molecule has 1 aromatic rings. The number of fused-ring (bicyclic) bond motifs is 1. The molecule has 6 N–H and O–H groups in total. The van der Waals surface area contributed by atoms with Gasteiger partial charge in [0.1, 0.15) is 6.04 Å². The Morgan fingerprint density at radius 1 is 1.26 bits per heavy atom. The number of Topliss-reactive ketones (excluding diaryl/α,β-unsaturated/α-hetero) is 1. The van der Waals surface area contributed by atoms with Crippen LogP contribution in [-0.2, 0) is 26.3 Å². The van der Waals surface area contributed by atoms with Crippen LogP contribution in [-0.4, -0.2) is 110 Å². The highest BCUT2D eigenvalue weighted by Crippen LogP contribution is 2.57. The molecule has 4 atom stereocenters. The van der Waals surface area contributed by atoms with Gasteiger partial charge in [0.15, 0.2) is 29.3 Å². The van der Waals surface area contributed by atoms with E-state index in [2.05, 4.69) is 32.5 Å². The molecule has 1 saturated heterocycles. The first-order valence-electron chi connectivity index (χ1n) is 14.7. The van der Waals surface area contributed by atoms with Gasteiger partial charge in [-0.25, -0.2) is 4.79 Å². The second kappa shape index (κ2) is 13.2. The van der Waals surface area contributed by atoms with Crippen LogP contribution in [0.5, 0.6) is 11.5 Å². The number of nitrogens with one attached hydrogen (secondary N) is 2. The minimum atomic E-state index is -0.760. The minimum Gasteiger partial charge on any atom is -0.476 e. The zero-order valence-corrected chi connectivity index (χ0v) is 25.6. The number of likely N-dealkylation sites (N-methyl/N-ethyl adjacent to an activating group) is 3. The van der Waals surface area contributed by atoms with Gasteiger partial charge in [-0.2, -0.15) is 0 Å². The predicted octanol–water partition coefficient (Wildman–Crippen LogP) is -0.123. The molecule has 0 aromatic heterocycles. The molecule has 3 amide bonds. The fraction of sp³-hybridized carbons (Fsp3) is 0.621. The van der Waals surface area contributed by atoms with Crippen LogP contribution in [0.25, 0.3) is 0 Å². The number of carbonyl (C=O) groups is 4. The van der Waals surface area contributed by atoms with Gasteiger partial charge in [-0.1, -0.05) is 13.0 Å². The van der Waals surface area contributed by atoms with Crippen LogP contribution in [0.3, 0.4) is 0 Å². The maximum Gasteiger partial charge on any atom is 0.415 e. The van der Waals surface area contributed by atoms with E-state index in [1.54, 1.807) is 13.1 Å². The summed E-state index contributed by atoms with van der Waals surface area (Å²) in [7, 11) is 5.70. The largest absolute Gasteiger partial charge is 0.476 e. The van der Waals surface area contributed by atoms with E-state index in [1.807, 2.05) is 20.0 Å². The highest BCUT2D eigenvalue weighted by molar-refractivity contribution is 5.88. The Morgan fingerprint density at radius 3 is 2.67 bits per heavy atom. The quantitative estimate of drug-likeness (QED) is 0.143. The van der Waals surface area contributed by atoms with Gasteiger partial charge in [-0.15, -0.1) is 0 Å². The summed E-state index contributed by atoms with van der Waals surface area (Å²) in [6.07, 6.45) is 1.50. The number of amides is 3. The summed E-state index contributed by atoms with van der Waals surface area (Å²) in [5.41, 5.74) is 12.1. The number of nitrogens with zero attached hydrogens (tertiary/aromatic N) is 4. The van der Waals surface area contributed by atoms with E-state index in [4.69, 9.17) is 20.9 Å². The standard InChI is InChI=1S/C29H44N8O6/c1-6-20(39)25-29-11-14-35(3)22(37(29)5)16-18-9-10-21(24(43-25)23(18)29)42-28(41)36(4)15-13-32-26(40)19(34-17(2)38)8-7-12-33-27(30)31/h9-10,19,22,25H,6-8,11-16H2,1-5H3,(H,32,40)(H,34,38)(H4,30,31,33)/t19-,22+,25+,29+/m1/s1. The van der Waals surface area contributed by atoms with Crippen LogP contribution in [0.1, 0.15) is 50.7 Å². The average molecular weight is 601 g/mol. The second-order valence-electron chi connectivity index (χ2n) is 11.5. The molecule has 14 heteroatoms. The second-order valence-corrected chi connectivity index (χ2v) is 11.5. The van der Waals surface area contributed by atoms with Crippen molar-refractivity contribution in [3.05, 3.63) is 23.3 Å². The molecule has 3 heterocycles. The van der Waals surface area contributed by atoms with Gasteiger partial charge in [0.05, 0.1) is 11.7 Å². The number of guanidine groups is 1. The molecular weight excluding hydrogens is 556 g/mol. The first kappa shape index (κ1) is 32.0. The fourth-order valence-electron chi connectivity index (χ4n) is 6.40. The number of ether oxygens (including phenoxy) is 2. The lowest BCUT2D eigenvalue weighted by atomic mass is 9.72. The molecule has 2 bridgehead atoms. The number of hydrogen-bond acceptors (Lipinski definition) is 9. The average Bonchev–Trinajstić information content (AvgIpc) is 3.31. The van der Waals surface area contributed by atoms with Crippen LogP contribution < -0.4 is 31.6 Å². The zero-order valence-electron chi connectivity index (χ0n) is 25.6. The van der Waals surface area contributed by atoms with Crippen LogP contribution in [0.4, 0.5) is 4.79 Å². The Balaban J connectivity index is 1.41. The van der Waals surface area contributed by atoms with Crippen LogP contribution in [0.2, 0.25) is 0 Å². The molecule has 1 fully saturated rings. The van der Waals surface area contributed by atoms with Crippen molar-refractivity contribution >= 4 is 29.7 Å². The van der Waals surface area contributed by atoms with E-state index in [9.17, 15) is 19.2 Å². The van der Waals surface area contributed by atoms with Crippen molar-refractivity contribution in [1.29, 1.82) is 0 Å². The third-order valence-electron chi connectivity index (χ3n) is 8.68. The Kier molecular flexibility index (Phi) is 9.80. The van der Waals surface area contributed by atoms with Gasteiger partial charge in [0.2, 0.25) is 11.8 Å². The molecule has 3 aliphatic heterocycles. The molecule has 1 spiro atoms. The summed E-state index contributed by atoms with van der Waals surface area (Å²) in [5, 5.41) is 5.38. The topological polar surface area (TPSA) is 185 Å². The Bertz CT molecular complexity index is 1280. The van der Waals surface area contributed by atoms with E-state index >= 15 is 0 Å². The lowest BCUT2D eigenvalue weighted by Gasteiger charge is -2.56. The minimum absolute atomic E-state index is 0.0122. The summed E-state index contributed by atoms with van der Waals surface area (Å²) < 4.78 is 12.2. The van der Waals surface area contributed by atoms with Crippen LogP contribution in [0.15, 0.2) is 17.1 Å². The highest BCUT2D eigenvalue weighted by Gasteiger charge is 2.61. The number of rotatable bonds is 12. The maximum atomic E-state index is 13.2. The highest BCUT2D eigenvalue weighted by atomic mass is 16.6. The van der Waals surface area contributed by atoms with Crippen molar-refractivity contribution in [2.45, 2.75) is 69.8 Å². The number of aliphatic imine (C=N–C) groups is 1. The van der Waals surface area contributed by atoms with Gasteiger partial charge in [0.25, 0.3) is 0 Å². The van der Waals surface area contributed by atoms with Gasteiger partial charge in [0, 0.05) is 58.6 Å². The van der Waals surface area contributed by atoms with E-state index < -0.39 is 23.8 Å². The molecule has 0 aliphatic carbocycles. The smallest absolute Gasteiger partial charge is 0.415 e. The summed E-state index contributed by atoms with van der Waals surface area (Å²) in [4.78, 5) is 60.4. The van der Waals surface area contributed by atoms with Gasteiger partial charge in [-0.05, 0) is 45.0 Å². The number of hydrogen-bond donors (Lipinski definition) is 4. The molecule has 4 rings (SSSR count). The molecule has 14 nitrogen and oxygen atoms in total. The lowest BCUT2D eigenvalue weighted by Crippen LogP contribution is -2.68. The monoisotopic (exact) mass is 600 g/mol. The molecule has 0 radical (unpaired) electrons. The van der Waals surface area contributed by atoms with Gasteiger partial charge >= 0.3 is 6.09 Å². The number of nitrogens with two attached hydrogens (primary N) is 2. The van der Waals surface area contributed by atoms with Gasteiger partial charge < -0.3 is 36.5 Å². The molecule has 1 aromatic carbocycles. The van der Waals surface area contributed by atoms with E-state index in [1.165, 1.54) is 11.8 Å². The van der Waals surface area contributed by atoms with E-state index in [-0.39, 0.29) is 48.6 Å². The molecule has 3 aliphatic rings. The van der Waals surface area contributed by atoms with Gasteiger partial charge in [-0.3, -0.25) is 29.2 Å². The van der Waals surface area contributed by atoms with Crippen molar-refractivity contribution in [2.75, 3.05) is 47.3 Å². The summed E-state index contributed by atoms with van der Waals surface area (Å²) in [6.45, 7) is 4.61. The third-order valence-corrected chi connectivity index (χ3v) is 8.68. The Labute approximate surface area is 252 Å². The van der Waals surface area contributed by atoms with E-state index in [0.29, 0.717) is 31.6 Å². The lowest BCUT2D eigenvalue weighted by molar-refractivity contribution is -0.143. The van der Waals surface area contributed by atoms with Crippen molar-refractivity contribution < 1.29 is 28.7 Å². The normalized spacial score (nSPS) is 22.9. The molecule has 43 heavy (non-hydrogen) atoms. The maximum absolute atomic E-state index is 13.2. The predicted molar refractivity (Wildman–Crippen MR) is 160 cm³/mol. The van der Waals surface area contributed by atoms with Crippen molar-refractivity contribution in [3.63, 3.8) is 0 Å². The third kappa shape index (κ3) is 6.39. The summed E-state index contributed by atoms with van der Waals surface area (Å²) in [6, 6.07) is 2.94. The van der Waals surface area contributed by atoms with Crippen LogP contribution >= 0.6 is 0 Å². The van der Waals surface area contributed by atoms with Crippen molar-refractivity contribution in [3.8, 4) is 11.5 Å². The van der Waals surface area contributed by atoms with Crippen LogP contribution in [0, 0.1) is 0 Å². The summed E-state index contributed by atoms with van der Waals surface area (Å²) in [5.74, 6) is -0.0261. The molecule has 0 unspecified atom stereocenters. The van der Waals surface area contributed by atoms with Crippen molar-refractivity contribution in [1.82, 2.24) is 25.3 Å². The number of benzene rings is 1. The Morgan fingerprint density at radius 2 is 2.00 bits per heavy atom. The zero-order chi connectivity index (χ0) is 31.5. The molecule has 236 valence electrons. The number of carbonyl (C=O) groups excluding carboxylic acids is 4. The van der Waals surface area contributed by atoms with E-state index in [0.717, 1.165) is 30.5 Å². The first-order chi connectivity index (χ1) is 20.4. The molecular formula is C29H44N8O6. The van der Waals surface area contributed by atoms with Crippen molar-refractivity contribution in [2.24, 2.45) is 16.5 Å². The Hall–Kier alpha value is -3.91. The first-order valence-corrected chi connectivity index (χ1v) is 14.7. The molecule has 0 saturated carbocycles. The summed E-state index contributed by atoms with van der Waals surface area (Å²) >= 11 is 0. The SMILES string of the molecule is CCC(=O)[C@@H]1Oc2c(OC(=O)N(C)CCNC(=O)[C@@H](CCCN=C(N)N)NC(C)=O)ccc3c2[C@@]12CCN(C)[C@H](C3)N2C.